The molecule has 2 aromatic rings. The highest BCUT2D eigenvalue weighted by Gasteiger charge is 2.25. The molecule has 5 nitrogen and oxygen atoms in total. The average Bonchev–Trinajstić information content (AvgIpc) is 2.26. The molecule has 17 heavy (non-hydrogen) atoms. The summed E-state index contributed by atoms with van der Waals surface area (Å²) in [6.07, 6.45) is 0. The molecular weight excluding hydrogens is 220 g/mol. The van der Waals surface area contributed by atoms with Gasteiger partial charge in [-0.05, 0) is 33.8 Å². The number of benzene rings is 2. The van der Waals surface area contributed by atoms with Gasteiger partial charge in [0.05, 0.1) is 0 Å². The summed E-state index contributed by atoms with van der Waals surface area (Å²) in [6, 6.07) is 7.98. The van der Waals surface area contributed by atoms with Gasteiger partial charge in [-0.2, -0.15) is 0 Å². The summed E-state index contributed by atoms with van der Waals surface area (Å²) < 4.78 is 0. The number of nitrogens with two attached hydrogens (primary N) is 1. The van der Waals surface area contributed by atoms with Gasteiger partial charge >= 0.3 is 14.2 Å². The molecule has 86 valence electrons. The molecule has 0 saturated heterocycles. The Labute approximate surface area is 98.4 Å². The maximum Gasteiger partial charge on any atom is 0.488 e. The van der Waals surface area contributed by atoms with Crippen molar-refractivity contribution in [2.24, 2.45) is 0 Å². The SMILES string of the molecule is Nc1ccc2c(B(O)O)c(B(O)O)ccc2c1. The van der Waals surface area contributed by atoms with Crippen LogP contribution in [0.4, 0.5) is 5.69 Å². The standard InChI is InChI=1S/C10H11B2NO4/c13-7-2-3-8-6(5-7)1-4-9(11(14)15)10(8)12(16)17/h1-5,14-17H,13H2. The van der Waals surface area contributed by atoms with Gasteiger partial charge in [-0.25, -0.2) is 0 Å². The Morgan fingerprint density at radius 2 is 1.59 bits per heavy atom. The summed E-state index contributed by atoms with van der Waals surface area (Å²) >= 11 is 0. The van der Waals surface area contributed by atoms with E-state index in [1.54, 1.807) is 24.3 Å². The van der Waals surface area contributed by atoms with Gasteiger partial charge in [0.25, 0.3) is 0 Å². The Morgan fingerprint density at radius 1 is 0.882 bits per heavy atom. The maximum absolute atomic E-state index is 9.32. The quantitative estimate of drug-likeness (QED) is 0.297. The lowest BCUT2D eigenvalue weighted by atomic mass is 9.64. The Kier molecular flexibility index (Phi) is 3.08. The largest absolute Gasteiger partial charge is 0.488 e. The topological polar surface area (TPSA) is 107 Å². The lowest BCUT2D eigenvalue weighted by Crippen LogP contribution is -2.49. The molecule has 2 rings (SSSR count). The molecule has 0 amide bonds. The molecule has 0 unspecified atom stereocenters. The third-order valence-corrected chi connectivity index (χ3v) is 2.66. The normalized spacial score (nSPS) is 10.6. The van der Waals surface area contributed by atoms with Crippen LogP contribution in [0.2, 0.25) is 0 Å². The van der Waals surface area contributed by atoms with E-state index in [4.69, 9.17) is 5.73 Å². The Hall–Kier alpha value is -1.53. The third kappa shape index (κ3) is 2.13. The van der Waals surface area contributed by atoms with Crippen LogP contribution in [0.1, 0.15) is 0 Å². The first-order valence-electron chi connectivity index (χ1n) is 5.05. The van der Waals surface area contributed by atoms with Crippen LogP contribution in [0, 0.1) is 0 Å². The Balaban J connectivity index is 2.79. The molecule has 7 heteroatoms. The molecule has 0 saturated carbocycles. The monoisotopic (exact) mass is 231 g/mol. The summed E-state index contributed by atoms with van der Waals surface area (Å²) in [6.45, 7) is 0. The van der Waals surface area contributed by atoms with E-state index in [2.05, 4.69) is 0 Å². The fourth-order valence-corrected chi connectivity index (χ4v) is 1.90. The molecule has 0 atom stereocenters. The van der Waals surface area contributed by atoms with E-state index in [0.29, 0.717) is 16.5 Å². The second-order valence-corrected chi connectivity index (χ2v) is 3.80. The Morgan fingerprint density at radius 3 is 2.18 bits per heavy atom. The summed E-state index contributed by atoms with van der Waals surface area (Å²) in [5.74, 6) is 0. The summed E-state index contributed by atoms with van der Waals surface area (Å²) in [4.78, 5) is 0. The van der Waals surface area contributed by atoms with Crippen molar-refractivity contribution in [1.29, 1.82) is 0 Å². The summed E-state index contributed by atoms with van der Waals surface area (Å²) in [5, 5.41) is 38.2. The van der Waals surface area contributed by atoms with Crippen LogP contribution in [0.25, 0.3) is 10.8 Å². The van der Waals surface area contributed by atoms with E-state index < -0.39 is 14.2 Å². The number of fused-ring (bicyclic) bond motifs is 1. The van der Waals surface area contributed by atoms with Gasteiger partial charge in [-0.3, -0.25) is 0 Å². The third-order valence-electron chi connectivity index (χ3n) is 2.66. The van der Waals surface area contributed by atoms with Crippen molar-refractivity contribution in [2.45, 2.75) is 0 Å². The molecule has 0 aliphatic carbocycles. The maximum atomic E-state index is 9.32. The average molecular weight is 231 g/mol. The highest BCUT2D eigenvalue weighted by Crippen LogP contribution is 2.15. The fraction of sp³-hybridized carbons (Fsp3) is 0. The molecule has 2 aromatic carbocycles. The lowest BCUT2D eigenvalue weighted by Gasteiger charge is -2.12. The Bertz CT molecular complexity index is 559. The minimum atomic E-state index is -1.78. The zero-order valence-corrected chi connectivity index (χ0v) is 8.91. The summed E-state index contributed by atoms with van der Waals surface area (Å²) in [7, 11) is -3.53. The number of anilines is 1. The van der Waals surface area contributed by atoms with Crippen LogP contribution < -0.4 is 16.7 Å². The molecule has 0 aliphatic rings. The smallest absolute Gasteiger partial charge is 0.423 e. The van der Waals surface area contributed by atoms with Crippen molar-refractivity contribution in [1.82, 2.24) is 0 Å². The van der Waals surface area contributed by atoms with Gasteiger partial charge in [0.1, 0.15) is 0 Å². The fourth-order valence-electron chi connectivity index (χ4n) is 1.90. The van der Waals surface area contributed by atoms with Crippen LogP contribution >= 0.6 is 0 Å². The molecule has 0 bridgehead atoms. The molecule has 0 radical (unpaired) electrons. The van der Waals surface area contributed by atoms with Gasteiger partial charge in [0.15, 0.2) is 0 Å². The molecular formula is C10H11B2NO4. The molecule has 0 aromatic heterocycles. The van der Waals surface area contributed by atoms with Gasteiger partial charge in [-0.1, -0.05) is 18.2 Å². The van der Waals surface area contributed by atoms with Gasteiger partial charge in [0, 0.05) is 5.69 Å². The van der Waals surface area contributed by atoms with Crippen LogP contribution in [0.15, 0.2) is 30.3 Å². The van der Waals surface area contributed by atoms with Gasteiger partial charge in [0.2, 0.25) is 0 Å². The lowest BCUT2D eigenvalue weighted by molar-refractivity contribution is 0.419. The molecule has 0 heterocycles. The van der Waals surface area contributed by atoms with E-state index in [9.17, 15) is 20.1 Å². The minimum Gasteiger partial charge on any atom is -0.423 e. The zero-order chi connectivity index (χ0) is 12.6. The second-order valence-electron chi connectivity index (χ2n) is 3.80. The second kappa shape index (κ2) is 4.38. The first kappa shape index (κ1) is 11.9. The van der Waals surface area contributed by atoms with Crippen molar-refractivity contribution in [2.75, 3.05) is 5.73 Å². The summed E-state index contributed by atoms with van der Waals surface area (Å²) in [5.41, 5.74) is 6.32. The van der Waals surface area contributed by atoms with Gasteiger partial charge in [-0.15, -0.1) is 0 Å². The van der Waals surface area contributed by atoms with E-state index in [0.717, 1.165) is 0 Å². The number of hydrogen-bond donors (Lipinski definition) is 5. The van der Waals surface area contributed by atoms with E-state index >= 15 is 0 Å². The van der Waals surface area contributed by atoms with Crippen molar-refractivity contribution in [3.05, 3.63) is 30.3 Å². The van der Waals surface area contributed by atoms with E-state index in [1.807, 2.05) is 0 Å². The zero-order valence-electron chi connectivity index (χ0n) is 8.91. The van der Waals surface area contributed by atoms with Crippen molar-refractivity contribution < 1.29 is 20.1 Å². The number of rotatable bonds is 2. The van der Waals surface area contributed by atoms with Crippen LogP contribution in [0.3, 0.4) is 0 Å². The molecule has 0 fully saturated rings. The first-order valence-corrected chi connectivity index (χ1v) is 5.05. The number of hydrogen-bond acceptors (Lipinski definition) is 5. The first-order chi connectivity index (χ1) is 8.00. The molecule has 0 spiro atoms. The van der Waals surface area contributed by atoms with E-state index in [1.165, 1.54) is 6.07 Å². The van der Waals surface area contributed by atoms with Crippen molar-refractivity contribution in [3.8, 4) is 0 Å². The molecule has 0 aliphatic heterocycles. The highest BCUT2D eigenvalue weighted by atomic mass is 16.4. The van der Waals surface area contributed by atoms with Crippen molar-refractivity contribution in [3.63, 3.8) is 0 Å². The van der Waals surface area contributed by atoms with E-state index in [-0.39, 0.29) is 10.9 Å². The molecule has 6 N–H and O–H groups in total. The van der Waals surface area contributed by atoms with Crippen LogP contribution in [-0.2, 0) is 0 Å². The van der Waals surface area contributed by atoms with Gasteiger partial charge < -0.3 is 25.8 Å². The van der Waals surface area contributed by atoms with Crippen LogP contribution in [0.5, 0.6) is 0 Å². The predicted molar refractivity (Wildman–Crippen MR) is 68.0 cm³/mol. The van der Waals surface area contributed by atoms with Crippen LogP contribution in [-0.4, -0.2) is 34.3 Å². The minimum absolute atomic E-state index is 0.0669. The number of nitrogen functional groups attached to an aromatic ring is 1. The highest BCUT2D eigenvalue weighted by molar-refractivity contribution is 6.73. The van der Waals surface area contributed by atoms with Crippen molar-refractivity contribution >= 4 is 41.6 Å². The predicted octanol–water partition coefficient (Wildman–Crippen LogP) is -2.22.